The molecule has 0 aromatic heterocycles. The minimum Gasteiger partial charge on any atom is -0.383 e. The second-order valence-electron chi connectivity index (χ2n) is 5.52. The fourth-order valence-electron chi connectivity index (χ4n) is 2.69. The molecule has 1 aromatic rings. The third-order valence-corrected chi connectivity index (χ3v) is 4.05. The maximum absolute atomic E-state index is 13.6. The molecule has 0 bridgehead atoms. The molecule has 0 aliphatic carbocycles. The van der Waals surface area contributed by atoms with Gasteiger partial charge in [-0.3, -0.25) is 4.99 Å². The van der Waals surface area contributed by atoms with Crippen molar-refractivity contribution in [1.82, 2.24) is 5.32 Å². The third-order valence-electron chi connectivity index (χ3n) is 4.05. The Morgan fingerprint density at radius 3 is 2.91 bits per heavy atom. The summed E-state index contributed by atoms with van der Waals surface area (Å²) in [5, 5.41) is 3.00. The molecule has 1 aliphatic heterocycles. The Bertz CT molecular complexity index is 502. The Balaban J connectivity index is 2.11. The summed E-state index contributed by atoms with van der Waals surface area (Å²) in [4.78, 5) is 4.45. The van der Waals surface area contributed by atoms with Crippen LogP contribution < -0.4 is 11.1 Å². The molecule has 0 amide bonds. The van der Waals surface area contributed by atoms with E-state index in [1.807, 2.05) is 6.07 Å². The summed E-state index contributed by atoms with van der Waals surface area (Å²) >= 11 is 0. The van der Waals surface area contributed by atoms with Crippen molar-refractivity contribution < 1.29 is 13.9 Å². The molecule has 2 rings (SSSR count). The molecule has 0 saturated carbocycles. The largest absolute Gasteiger partial charge is 0.383 e. The van der Waals surface area contributed by atoms with Crippen LogP contribution >= 0.6 is 0 Å². The molecule has 3 N–H and O–H groups in total. The van der Waals surface area contributed by atoms with E-state index >= 15 is 0 Å². The van der Waals surface area contributed by atoms with E-state index < -0.39 is 0 Å². The number of aliphatic imine (C=N–C) groups is 1. The van der Waals surface area contributed by atoms with Crippen molar-refractivity contribution in [1.29, 1.82) is 0 Å². The highest BCUT2D eigenvalue weighted by molar-refractivity contribution is 5.77. The van der Waals surface area contributed by atoms with E-state index in [-0.39, 0.29) is 11.2 Å². The summed E-state index contributed by atoms with van der Waals surface area (Å²) in [7, 11) is 1.63. The second kappa shape index (κ2) is 8.10. The van der Waals surface area contributed by atoms with Gasteiger partial charge in [-0.05, 0) is 30.5 Å². The lowest BCUT2D eigenvalue weighted by Gasteiger charge is -2.36. The molecule has 5 nitrogen and oxygen atoms in total. The summed E-state index contributed by atoms with van der Waals surface area (Å²) in [5.41, 5.74) is 6.62. The van der Waals surface area contributed by atoms with E-state index in [0.29, 0.717) is 38.9 Å². The molecule has 0 spiro atoms. The number of nitrogens with two attached hydrogens (primary N) is 1. The summed E-state index contributed by atoms with van der Waals surface area (Å²) in [6.07, 6.45) is 1.62. The average Bonchev–Trinajstić information content (AvgIpc) is 2.54. The fraction of sp³-hybridized carbons (Fsp3) is 0.562. The number of benzene rings is 1. The highest BCUT2D eigenvalue weighted by Crippen LogP contribution is 2.35. The molecule has 122 valence electrons. The predicted octanol–water partition coefficient (Wildman–Crippen LogP) is 1.42. The molecular formula is C16H24FN3O2. The SMILES string of the molecule is COCCNC(N)=NCC1(c2cccc(F)c2)CCOCC1. The number of nitrogens with one attached hydrogen (secondary N) is 1. The lowest BCUT2D eigenvalue weighted by Crippen LogP contribution is -2.40. The van der Waals surface area contributed by atoms with Crippen LogP contribution in [0.3, 0.4) is 0 Å². The van der Waals surface area contributed by atoms with Crippen molar-refractivity contribution in [3.63, 3.8) is 0 Å². The third kappa shape index (κ3) is 4.42. The minimum absolute atomic E-state index is 0.214. The lowest BCUT2D eigenvalue weighted by molar-refractivity contribution is 0.0530. The zero-order valence-electron chi connectivity index (χ0n) is 13.0. The van der Waals surface area contributed by atoms with Gasteiger partial charge < -0.3 is 20.5 Å². The first kappa shape index (κ1) is 16.7. The Hall–Kier alpha value is -1.66. The van der Waals surface area contributed by atoms with Crippen LogP contribution in [0.2, 0.25) is 0 Å². The topological polar surface area (TPSA) is 68.9 Å². The van der Waals surface area contributed by atoms with E-state index in [2.05, 4.69) is 10.3 Å². The van der Waals surface area contributed by atoms with E-state index in [1.165, 1.54) is 6.07 Å². The smallest absolute Gasteiger partial charge is 0.188 e. The van der Waals surface area contributed by atoms with Gasteiger partial charge in [0.15, 0.2) is 5.96 Å². The highest BCUT2D eigenvalue weighted by Gasteiger charge is 2.34. The van der Waals surface area contributed by atoms with Crippen molar-refractivity contribution in [2.75, 3.05) is 40.0 Å². The zero-order valence-corrected chi connectivity index (χ0v) is 13.0. The zero-order chi connectivity index (χ0) is 15.8. The molecule has 6 heteroatoms. The van der Waals surface area contributed by atoms with Crippen LogP contribution in [-0.2, 0) is 14.9 Å². The van der Waals surface area contributed by atoms with Crippen LogP contribution in [0, 0.1) is 5.82 Å². The van der Waals surface area contributed by atoms with E-state index in [4.69, 9.17) is 15.2 Å². The van der Waals surface area contributed by atoms with Crippen molar-refractivity contribution >= 4 is 5.96 Å². The normalized spacial score (nSPS) is 18.2. The van der Waals surface area contributed by atoms with E-state index in [1.54, 1.807) is 19.2 Å². The van der Waals surface area contributed by atoms with E-state index in [0.717, 1.165) is 18.4 Å². The number of guanidine groups is 1. The molecule has 1 saturated heterocycles. The number of hydrogen-bond donors (Lipinski definition) is 2. The maximum atomic E-state index is 13.6. The molecular weight excluding hydrogens is 285 g/mol. The van der Waals surface area contributed by atoms with Crippen LogP contribution in [0.5, 0.6) is 0 Å². The molecule has 1 aliphatic rings. The Morgan fingerprint density at radius 2 is 2.23 bits per heavy atom. The van der Waals surface area contributed by atoms with Crippen molar-refractivity contribution in [3.8, 4) is 0 Å². The molecule has 22 heavy (non-hydrogen) atoms. The van der Waals surface area contributed by atoms with Gasteiger partial charge in [-0.25, -0.2) is 4.39 Å². The van der Waals surface area contributed by atoms with Crippen LogP contribution in [0.4, 0.5) is 4.39 Å². The standard InChI is InChI=1S/C16H24FN3O2/c1-21-10-7-19-15(18)20-12-16(5-8-22-9-6-16)13-3-2-4-14(17)11-13/h2-4,11H,5-10,12H2,1H3,(H3,18,19,20). The predicted molar refractivity (Wildman–Crippen MR) is 84.5 cm³/mol. The molecule has 0 unspecified atom stereocenters. The molecule has 1 heterocycles. The average molecular weight is 309 g/mol. The molecule has 1 fully saturated rings. The van der Waals surface area contributed by atoms with Gasteiger partial charge in [0, 0.05) is 32.3 Å². The summed E-state index contributed by atoms with van der Waals surface area (Å²) in [5.74, 6) is 0.165. The number of rotatable bonds is 6. The van der Waals surface area contributed by atoms with Crippen LogP contribution in [0.15, 0.2) is 29.3 Å². The number of ether oxygens (including phenoxy) is 2. The van der Waals surface area contributed by atoms with E-state index in [9.17, 15) is 4.39 Å². The number of methoxy groups -OCH3 is 1. The summed E-state index contributed by atoms with van der Waals surface area (Å²) in [6, 6.07) is 6.75. The maximum Gasteiger partial charge on any atom is 0.188 e. The van der Waals surface area contributed by atoms with Crippen molar-refractivity contribution in [2.24, 2.45) is 10.7 Å². The second-order valence-corrected chi connectivity index (χ2v) is 5.52. The number of halogens is 1. The van der Waals surface area contributed by atoms with Gasteiger partial charge >= 0.3 is 0 Å². The van der Waals surface area contributed by atoms with Gasteiger partial charge in [0.25, 0.3) is 0 Å². The van der Waals surface area contributed by atoms with Gasteiger partial charge in [-0.15, -0.1) is 0 Å². The van der Waals surface area contributed by atoms with Gasteiger partial charge in [0.2, 0.25) is 0 Å². The quantitative estimate of drug-likeness (QED) is 0.474. The molecule has 0 radical (unpaired) electrons. The monoisotopic (exact) mass is 309 g/mol. The van der Waals surface area contributed by atoms with Gasteiger partial charge in [-0.2, -0.15) is 0 Å². The number of nitrogens with zero attached hydrogens (tertiary/aromatic N) is 1. The van der Waals surface area contributed by atoms with Crippen molar-refractivity contribution in [2.45, 2.75) is 18.3 Å². The van der Waals surface area contributed by atoms with Gasteiger partial charge in [-0.1, -0.05) is 12.1 Å². The highest BCUT2D eigenvalue weighted by atomic mass is 19.1. The summed E-state index contributed by atoms with van der Waals surface area (Å²) < 4.78 is 24.0. The first-order valence-corrected chi connectivity index (χ1v) is 7.53. The first-order chi connectivity index (χ1) is 10.7. The van der Waals surface area contributed by atoms with Crippen LogP contribution in [-0.4, -0.2) is 46.0 Å². The Labute approximate surface area is 130 Å². The Kier molecular flexibility index (Phi) is 6.15. The van der Waals surface area contributed by atoms with Crippen LogP contribution in [0.25, 0.3) is 0 Å². The van der Waals surface area contributed by atoms with Gasteiger partial charge in [0.05, 0.1) is 13.2 Å². The first-order valence-electron chi connectivity index (χ1n) is 7.53. The minimum atomic E-state index is -0.224. The summed E-state index contributed by atoms with van der Waals surface area (Å²) in [6.45, 7) is 3.01. The fourth-order valence-corrected chi connectivity index (χ4v) is 2.69. The number of hydrogen-bond acceptors (Lipinski definition) is 3. The van der Waals surface area contributed by atoms with Crippen LogP contribution in [0.1, 0.15) is 18.4 Å². The Morgan fingerprint density at radius 1 is 1.45 bits per heavy atom. The molecule has 1 aromatic carbocycles. The lowest BCUT2D eigenvalue weighted by atomic mass is 9.74. The van der Waals surface area contributed by atoms with Crippen molar-refractivity contribution in [3.05, 3.63) is 35.6 Å². The van der Waals surface area contributed by atoms with Gasteiger partial charge in [0.1, 0.15) is 5.82 Å². The molecule has 0 atom stereocenters.